The van der Waals surface area contributed by atoms with Crippen LogP contribution in [0.4, 0.5) is 0 Å². The van der Waals surface area contributed by atoms with E-state index in [9.17, 15) is 0 Å². The molecule has 0 amide bonds. The van der Waals surface area contributed by atoms with Crippen molar-refractivity contribution in [3.05, 3.63) is 36.4 Å². The summed E-state index contributed by atoms with van der Waals surface area (Å²) in [5.74, 6) is 1.22. The fourth-order valence-corrected chi connectivity index (χ4v) is 1.49. The maximum Gasteiger partial charge on any atom is 0.161 e. The summed E-state index contributed by atoms with van der Waals surface area (Å²) in [4.78, 5) is 0. The largest absolute Gasteiger partial charge is 0.493 e. The third-order valence-electron chi connectivity index (χ3n) is 2.33. The Kier molecular flexibility index (Phi) is 5.73. The van der Waals surface area contributed by atoms with Crippen molar-refractivity contribution in [2.24, 2.45) is 5.16 Å². The molecule has 1 N–H and O–H groups in total. The van der Waals surface area contributed by atoms with Crippen molar-refractivity contribution >= 4 is 6.21 Å². The van der Waals surface area contributed by atoms with Crippen molar-refractivity contribution in [1.82, 2.24) is 0 Å². The fourth-order valence-electron chi connectivity index (χ4n) is 1.49. The standard InChI is InChI=1S/C13H17NO4/c1-4-7-18-13(9-14-15)10-5-6-11(16-2)12(8-10)17-3/h4-6,8-9,13,15H,1,7H2,2-3H3/b14-9+. The minimum atomic E-state index is -0.465. The van der Waals surface area contributed by atoms with Crippen LogP contribution in [0.2, 0.25) is 0 Å². The zero-order valence-corrected chi connectivity index (χ0v) is 10.5. The Morgan fingerprint density at radius 2 is 2.06 bits per heavy atom. The summed E-state index contributed by atoms with van der Waals surface area (Å²) >= 11 is 0. The van der Waals surface area contributed by atoms with Gasteiger partial charge in [0.1, 0.15) is 6.10 Å². The molecule has 1 atom stereocenters. The van der Waals surface area contributed by atoms with Crippen LogP contribution in [0, 0.1) is 0 Å². The molecule has 0 bridgehead atoms. The van der Waals surface area contributed by atoms with E-state index >= 15 is 0 Å². The van der Waals surface area contributed by atoms with Gasteiger partial charge in [0.25, 0.3) is 0 Å². The molecule has 98 valence electrons. The van der Waals surface area contributed by atoms with Crippen molar-refractivity contribution in [3.8, 4) is 11.5 Å². The summed E-state index contributed by atoms with van der Waals surface area (Å²) < 4.78 is 15.8. The van der Waals surface area contributed by atoms with Gasteiger partial charge >= 0.3 is 0 Å². The minimum absolute atomic E-state index is 0.352. The van der Waals surface area contributed by atoms with E-state index in [1.54, 1.807) is 32.4 Å². The first-order valence-corrected chi connectivity index (χ1v) is 5.38. The predicted octanol–water partition coefficient (Wildman–Crippen LogP) is 2.41. The van der Waals surface area contributed by atoms with Gasteiger partial charge in [-0.3, -0.25) is 0 Å². The molecule has 0 aromatic heterocycles. The van der Waals surface area contributed by atoms with Gasteiger partial charge in [-0.25, -0.2) is 0 Å². The number of hydrogen-bond donors (Lipinski definition) is 1. The highest BCUT2D eigenvalue weighted by Crippen LogP contribution is 2.30. The lowest BCUT2D eigenvalue weighted by molar-refractivity contribution is 0.124. The molecule has 0 aliphatic heterocycles. The predicted molar refractivity (Wildman–Crippen MR) is 68.7 cm³/mol. The van der Waals surface area contributed by atoms with Crippen LogP contribution in [0.15, 0.2) is 36.0 Å². The Balaban J connectivity index is 3.00. The van der Waals surface area contributed by atoms with Crippen molar-refractivity contribution in [1.29, 1.82) is 0 Å². The molecule has 18 heavy (non-hydrogen) atoms. The van der Waals surface area contributed by atoms with Gasteiger partial charge in [-0.1, -0.05) is 17.3 Å². The van der Waals surface area contributed by atoms with Gasteiger partial charge in [-0.2, -0.15) is 0 Å². The topological polar surface area (TPSA) is 60.3 Å². The average Bonchev–Trinajstić information content (AvgIpc) is 2.42. The number of oxime groups is 1. The van der Waals surface area contributed by atoms with Gasteiger partial charge in [0.05, 0.1) is 27.0 Å². The van der Waals surface area contributed by atoms with E-state index < -0.39 is 6.10 Å². The Labute approximate surface area is 106 Å². The Hall–Kier alpha value is -2.01. The summed E-state index contributed by atoms with van der Waals surface area (Å²) in [5.41, 5.74) is 0.798. The highest BCUT2D eigenvalue weighted by atomic mass is 16.5. The molecule has 0 aliphatic rings. The van der Waals surface area contributed by atoms with E-state index in [0.717, 1.165) is 5.56 Å². The lowest BCUT2D eigenvalue weighted by Gasteiger charge is -2.15. The monoisotopic (exact) mass is 251 g/mol. The number of ether oxygens (including phenoxy) is 3. The Morgan fingerprint density at radius 3 is 2.61 bits per heavy atom. The lowest BCUT2D eigenvalue weighted by Crippen LogP contribution is -2.06. The third-order valence-corrected chi connectivity index (χ3v) is 2.33. The highest BCUT2D eigenvalue weighted by molar-refractivity contribution is 5.66. The van der Waals surface area contributed by atoms with Crippen LogP contribution in [-0.4, -0.2) is 32.2 Å². The second-order valence-corrected chi connectivity index (χ2v) is 3.42. The minimum Gasteiger partial charge on any atom is -0.493 e. The molecule has 0 spiro atoms. The first-order valence-electron chi connectivity index (χ1n) is 5.38. The molecule has 1 aromatic carbocycles. The van der Waals surface area contributed by atoms with Crippen LogP contribution in [0.1, 0.15) is 11.7 Å². The molecular formula is C13H17NO4. The van der Waals surface area contributed by atoms with E-state index in [-0.39, 0.29) is 0 Å². The van der Waals surface area contributed by atoms with Gasteiger partial charge in [-0.05, 0) is 17.7 Å². The quantitative estimate of drug-likeness (QED) is 0.350. The van der Waals surface area contributed by atoms with E-state index in [0.29, 0.717) is 18.1 Å². The van der Waals surface area contributed by atoms with Crippen LogP contribution < -0.4 is 9.47 Å². The molecule has 5 nitrogen and oxygen atoms in total. The maximum absolute atomic E-state index is 8.63. The summed E-state index contributed by atoms with van der Waals surface area (Å²) in [6, 6.07) is 5.36. The number of nitrogens with zero attached hydrogens (tertiary/aromatic N) is 1. The normalized spacial score (nSPS) is 12.3. The molecule has 1 rings (SSSR count). The van der Waals surface area contributed by atoms with Gasteiger partial charge < -0.3 is 19.4 Å². The molecule has 0 radical (unpaired) electrons. The van der Waals surface area contributed by atoms with Crippen LogP contribution in [0.3, 0.4) is 0 Å². The maximum atomic E-state index is 8.63. The molecular weight excluding hydrogens is 234 g/mol. The highest BCUT2D eigenvalue weighted by Gasteiger charge is 2.13. The van der Waals surface area contributed by atoms with Crippen molar-refractivity contribution in [3.63, 3.8) is 0 Å². The number of hydrogen-bond acceptors (Lipinski definition) is 5. The third kappa shape index (κ3) is 3.49. The number of benzene rings is 1. The second kappa shape index (κ2) is 7.34. The van der Waals surface area contributed by atoms with E-state index in [1.807, 2.05) is 6.07 Å². The Bertz CT molecular complexity index is 417. The average molecular weight is 251 g/mol. The van der Waals surface area contributed by atoms with Crippen LogP contribution in [-0.2, 0) is 4.74 Å². The SMILES string of the molecule is C=CCOC(/C=N/O)c1ccc(OC)c(OC)c1. The Morgan fingerprint density at radius 1 is 1.33 bits per heavy atom. The summed E-state index contributed by atoms with van der Waals surface area (Å²) in [6.45, 7) is 3.92. The molecule has 0 heterocycles. The van der Waals surface area contributed by atoms with E-state index in [1.165, 1.54) is 6.21 Å². The van der Waals surface area contributed by atoms with E-state index in [2.05, 4.69) is 11.7 Å². The zero-order valence-electron chi connectivity index (χ0n) is 10.5. The van der Waals surface area contributed by atoms with Gasteiger partial charge in [0.2, 0.25) is 0 Å². The van der Waals surface area contributed by atoms with Crippen molar-refractivity contribution in [2.75, 3.05) is 20.8 Å². The lowest BCUT2D eigenvalue weighted by atomic mass is 10.1. The fraction of sp³-hybridized carbons (Fsp3) is 0.308. The summed E-state index contributed by atoms with van der Waals surface area (Å²) in [5, 5.41) is 11.6. The first-order chi connectivity index (χ1) is 8.76. The summed E-state index contributed by atoms with van der Waals surface area (Å²) in [7, 11) is 3.12. The zero-order chi connectivity index (χ0) is 13.4. The first kappa shape index (κ1) is 14.1. The van der Waals surface area contributed by atoms with Crippen LogP contribution in [0.25, 0.3) is 0 Å². The molecule has 0 aliphatic carbocycles. The molecule has 5 heteroatoms. The van der Waals surface area contributed by atoms with Crippen LogP contribution in [0.5, 0.6) is 11.5 Å². The molecule has 0 saturated heterocycles. The van der Waals surface area contributed by atoms with Gasteiger partial charge in [0.15, 0.2) is 11.5 Å². The van der Waals surface area contributed by atoms with Gasteiger partial charge in [0, 0.05) is 0 Å². The van der Waals surface area contributed by atoms with Crippen molar-refractivity contribution in [2.45, 2.75) is 6.10 Å². The molecule has 0 fully saturated rings. The van der Waals surface area contributed by atoms with Crippen LogP contribution >= 0.6 is 0 Å². The summed E-state index contributed by atoms with van der Waals surface area (Å²) in [6.07, 6.45) is 2.46. The van der Waals surface area contributed by atoms with Gasteiger partial charge in [-0.15, -0.1) is 6.58 Å². The number of methoxy groups -OCH3 is 2. The smallest absolute Gasteiger partial charge is 0.161 e. The molecule has 1 unspecified atom stereocenters. The van der Waals surface area contributed by atoms with E-state index in [4.69, 9.17) is 19.4 Å². The second-order valence-electron chi connectivity index (χ2n) is 3.42. The molecule has 1 aromatic rings. The van der Waals surface area contributed by atoms with Crippen molar-refractivity contribution < 1.29 is 19.4 Å². The molecule has 0 saturated carbocycles. The number of rotatable bonds is 7.